The van der Waals surface area contributed by atoms with Crippen LogP contribution in [-0.2, 0) is 17.9 Å². The van der Waals surface area contributed by atoms with Crippen LogP contribution in [0.3, 0.4) is 0 Å². The van der Waals surface area contributed by atoms with Crippen molar-refractivity contribution in [2.75, 3.05) is 11.5 Å². The predicted molar refractivity (Wildman–Crippen MR) is 90.9 cm³/mol. The molecule has 0 N–H and O–H groups in total. The molecule has 2 atom stereocenters. The SMILES string of the molecule is ClS1=NC(SCCCSC2=NSS(Cl)=N2)=NS1. The summed E-state index contributed by atoms with van der Waals surface area (Å²) >= 11 is 3.28. The van der Waals surface area contributed by atoms with Gasteiger partial charge in [-0.05, 0) is 27.8 Å². The van der Waals surface area contributed by atoms with E-state index in [2.05, 4.69) is 17.5 Å². The maximum Gasteiger partial charge on any atom is 0.203 e. The summed E-state index contributed by atoms with van der Waals surface area (Å²) in [7, 11) is 13.3. The molecule has 4 nitrogen and oxygen atoms in total. The lowest BCUT2D eigenvalue weighted by molar-refractivity contribution is 1.13. The predicted octanol–water partition coefficient (Wildman–Crippen LogP) is 4.62. The van der Waals surface area contributed by atoms with Gasteiger partial charge in [-0.15, -0.1) is 0 Å². The fraction of sp³-hybridized carbons (Fsp3) is 0.600. The first-order valence-corrected chi connectivity index (χ1v) is 12.8. The first kappa shape index (κ1) is 15.0. The summed E-state index contributed by atoms with van der Waals surface area (Å²) in [6, 6.07) is 0. The normalized spacial score (nSPS) is 27.4. The van der Waals surface area contributed by atoms with Gasteiger partial charge in [0.25, 0.3) is 0 Å². The molecule has 0 saturated carbocycles. The number of amidine groups is 2. The number of rotatable bonds is 4. The Balaban J connectivity index is 1.55. The summed E-state index contributed by atoms with van der Waals surface area (Å²) in [6.07, 6.45) is 1.06. The van der Waals surface area contributed by atoms with Crippen LogP contribution in [-0.4, -0.2) is 21.8 Å². The van der Waals surface area contributed by atoms with Crippen molar-refractivity contribution in [1.82, 2.24) is 0 Å². The van der Waals surface area contributed by atoms with Crippen molar-refractivity contribution < 1.29 is 0 Å². The Kier molecular flexibility index (Phi) is 7.09. The third-order valence-corrected chi connectivity index (χ3v) is 8.17. The van der Waals surface area contributed by atoms with Crippen LogP contribution in [0.2, 0.25) is 0 Å². The van der Waals surface area contributed by atoms with E-state index >= 15 is 0 Å². The second-order valence-corrected chi connectivity index (χ2v) is 12.2. The Morgan fingerprint density at radius 1 is 0.941 bits per heavy atom. The molecule has 2 unspecified atom stereocenters. The Morgan fingerprint density at radius 2 is 1.41 bits per heavy atom. The molecule has 2 heterocycles. The Labute approximate surface area is 129 Å². The van der Waals surface area contributed by atoms with Crippen LogP contribution in [0.1, 0.15) is 6.42 Å². The van der Waals surface area contributed by atoms with Crippen LogP contribution in [0.15, 0.2) is 17.5 Å². The van der Waals surface area contributed by atoms with Crippen LogP contribution in [0.25, 0.3) is 0 Å². The average Bonchev–Trinajstić information content (AvgIpc) is 2.88. The third kappa shape index (κ3) is 5.64. The molecule has 0 bridgehead atoms. The maximum absolute atomic E-state index is 5.80. The topological polar surface area (TPSA) is 49.4 Å². The van der Waals surface area contributed by atoms with E-state index in [4.69, 9.17) is 21.4 Å². The van der Waals surface area contributed by atoms with Gasteiger partial charge in [0.2, 0.25) is 10.3 Å². The molecular weight excluding hydrogens is 379 g/mol. The van der Waals surface area contributed by atoms with Gasteiger partial charge in [0.05, 0.1) is 39.8 Å². The van der Waals surface area contributed by atoms with Crippen LogP contribution in [0, 0.1) is 0 Å². The zero-order chi connectivity index (χ0) is 12.1. The molecule has 12 heteroatoms. The summed E-state index contributed by atoms with van der Waals surface area (Å²) in [4.78, 5) is 0. The zero-order valence-corrected chi connectivity index (χ0v) is 14.5. The number of halogens is 2. The molecule has 0 amide bonds. The highest BCUT2D eigenvalue weighted by Crippen LogP contribution is 2.29. The molecule has 0 aromatic carbocycles. The minimum absolute atomic E-state index is 0.483. The van der Waals surface area contributed by atoms with Crippen molar-refractivity contribution in [1.29, 1.82) is 0 Å². The molecule has 0 radical (unpaired) electrons. The second-order valence-electron chi connectivity index (χ2n) is 2.54. The highest BCUT2D eigenvalue weighted by Gasteiger charge is 2.10. The first-order chi connectivity index (χ1) is 8.24. The van der Waals surface area contributed by atoms with Crippen molar-refractivity contribution >= 4 is 95.1 Å². The standard InChI is InChI=1S/C5H6Cl2N4S6/c6-16-10-4(8-14-16)12-2-1-3-13-5-9-15-17(7)11-5/h1-3H2. The number of nitrogens with zero attached hydrogens (tertiary/aromatic N) is 4. The Bertz CT molecular complexity index is 383. The van der Waals surface area contributed by atoms with Crippen LogP contribution >= 0.6 is 66.8 Å². The van der Waals surface area contributed by atoms with Crippen molar-refractivity contribution in [3.8, 4) is 0 Å². The monoisotopic (exact) mass is 384 g/mol. The van der Waals surface area contributed by atoms with E-state index in [1.807, 2.05) is 0 Å². The van der Waals surface area contributed by atoms with Gasteiger partial charge in [-0.25, -0.2) is 0 Å². The minimum Gasteiger partial charge on any atom is -0.175 e. The van der Waals surface area contributed by atoms with Crippen molar-refractivity contribution in [2.45, 2.75) is 6.42 Å². The van der Waals surface area contributed by atoms with Gasteiger partial charge >= 0.3 is 0 Å². The summed E-state index contributed by atoms with van der Waals surface area (Å²) in [6.45, 7) is 0. The lowest BCUT2D eigenvalue weighted by Gasteiger charge is -1.97. The van der Waals surface area contributed by atoms with E-state index in [9.17, 15) is 0 Å². The molecule has 0 aromatic heterocycles. The molecule has 96 valence electrons. The first-order valence-electron chi connectivity index (χ1n) is 4.25. The average molecular weight is 385 g/mol. The lowest BCUT2D eigenvalue weighted by Crippen LogP contribution is -1.91. The fourth-order valence-corrected chi connectivity index (χ4v) is 7.40. The minimum atomic E-state index is -0.483. The highest BCUT2D eigenvalue weighted by atomic mass is 35.8. The van der Waals surface area contributed by atoms with Gasteiger partial charge in [-0.3, -0.25) is 0 Å². The summed E-state index contributed by atoms with van der Waals surface area (Å²) in [5.41, 5.74) is 0. The Morgan fingerprint density at radius 3 is 1.76 bits per heavy atom. The van der Waals surface area contributed by atoms with Crippen LogP contribution in [0.4, 0.5) is 0 Å². The van der Waals surface area contributed by atoms with E-state index in [0.29, 0.717) is 0 Å². The largest absolute Gasteiger partial charge is 0.203 e. The van der Waals surface area contributed by atoms with Crippen molar-refractivity contribution in [2.24, 2.45) is 17.5 Å². The third-order valence-electron chi connectivity index (χ3n) is 1.40. The number of hydrogen-bond acceptors (Lipinski definition) is 8. The quantitative estimate of drug-likeness (QED) is 0.403. The molecule has 0 aliphatic carbocycles. The van der Waals surface area contributed by atoms with E-state index in [-0.39, 0.29) is 0 Å². The number of hydrogen-bond donors (Lipinski definition) is 0. The molecule has 17 heavy (non-hydrogen) atoms. The molecule has 0 aromatic rings. The zero-order valence-electron chi connectivity index (χ0n) is 8.12. The van der Waals surface area contributed by atoms with Crippen molar-refractivity contribution in [3.63, 3.8) is 0 Å². The van der Waals surface area contributed by atoms with E-state index in [1.165, 1.54) is 22.0 Å². The van der Waals surface area contributed by atoms with Gasteiger partial charge in [0, 0.05) is 11.5 Å². The van der Waals surface area contributed by atoms with Gasteiger partial charge in [0.1, 0.15) is 0 Å². The fourth-order valence-electron chi connectivity index (χ4n) is 0.806. The van der Waals surface area contributed by atoms with Crippen LogP contribution < -0.4 is 0 Å². The molecule has 0 saturated heterocycles. The highest BCUT2D eigenvalue weighted by molar-refractivity contribution is 8.78. The smallest absolute Gasteiger partial charge is 0.175 e. The molecule has 2 aliphatic rings. The molecule has 2 rings (SSSR count). The molecule has 0 spiro atoms. The summed E-state index contributed by atoms with van der Waals surface area (Å²) in [5.74, 6) is 1.97. The lowest BCUT2D eigenvalue weighted by atomic mass is 10.6. The van der Waals surface area contributed by atoms with Gasteiger partial charge in [-0.2, -0.15) is 17.5 Å². The molecular formula is C5H6Cl2N4S6. The second kappa shape index (κ2) is 8.03. The number of thioether (sulfide) groups is 2. The van der Waals surface area contributed by atoms with E-state index in [0.717, 1.165) is 28.3 Å². The summed E-state index contributed by atoms with van der Waals surface area (Å²) in [5, 5.41) is 1.61. The van der Waals surface area contributed by atoms with Gasteiger partial charge in [0.15, 0.2) is 0 Å². The van der Waals surface area contributed by atoms with Gasteiger partial charge < -0.3 is 0 Å². The molecule has 0 fully saturated rings. The van der Waals surface area contributed by atoms with Crippen molar-refractivity contribution in [3.05, 3.63) is 0 Å². The van der Waals surface area contributed by atoms with E-state index < -0.39 is 17.9 Å². The molecule has 2 aliphatic heterocycles. The van der Waals surface area contributed by atoms with Gasteiger partial charge in [-0.1, -0.05) is 23.5 Å². The van der Waals surface area contributed by atoms with Crippen LogP contribution in [0.5, 0.6) is 0 Å². The Hall–Kier alpha value is 1.62. The maximum atomic E-state index is 5.80. The summed E-state index contributed by atoms with van der Waals surface area (Å²) < 4.78 is 16.6. The van der Waals surface area contributed by atoms with E-state index in [1.54, 1.807) is 23.5 Å².